The van der Waals surface area contributed by atoms with E-state index in [2.05, 4.69) is 34.9 Å². The summed E-state index contributed by atoms with van der Waals surface area (Å²) >= 11 is 0. The lowest BCUT2D eigenvalue weighted by Crippen LogP contribution is -2.44. The lowest BCUT2D eigenvalue weighted by atomic mass is 9.98. The number of carbonyl (C=O) groups excluding carboxylic acids is 2. The molecule has 0 fully saturated rings. The molecule has 3 N–H and O–H groups in total. The number of carboxylic acids is 1. The van der Waals surface area contributed by atoms with E-state index in [-0.39, 0.29) is 37.2 Å². The molecule has 3 rings (SSSR count). The normalized spacial score (nSPS) is 14.1. The largest absolute Gasteiger partial charge is 0.481 e. The fourth-order valence-electron chi connectivity index (χ4n) is 4.51. The van der Waals surface area contributed by atoms with Crippen LogP contribution in [0.25, 0.3) is 11.1 Å². The highest BCUT2D eigenvalue weighted by Crippen LogP contribution is 2.44. The summed E-state index contributed by atoms with van der Waals surface area (Å²) in [6.07, 6.45) is 0.773. The van der Waals surface area contributed by atoms with E-state index < -0.39 is 24.1 Å². The van der Waals surface area contributed by atoms with E-state index in [1.807, 2.05) is 45.0 Å². The Morgan fingerprint density at radius 3 is 2.06 bits per heavy atom. The number of ether oxygens (including phenoxy) is 1. The first-order valence-electron chi connectivity index (χ1n) is 11.9. The standard InChI is InChI=1S/C27H34N2O5/c1-4-9-18(14-25(30)29-24(17(2)3)15-26(31)32)28-27(33)34-16-23-21-12-7-5-10-19(21)20-11-6-8-13-22(20)23/h5-8,10-13,17-18,23-24H,4,9,14-16H2,1-3H3,(H,28,33)(H,29,30)(H,31,32). The van der Waals surface area contributed by atoms with E-state index in [0.29, 0.717) is 6.42 Å². The summed E-state index contributed by atoms with van der Waals surface area (Å²) in [5.74, 6) is -1.29. The van der Waals surface area contributed by atoms with Gasteiger partial charge in [-0.2, -0.15) is 0 Å². The van der Waals surface area contributed by atoms with Gasteiger partial charge in [0, 0.05) is 24.4 Å². The highest BCUT2D eigenvalue weighted by molar-refractivity contribution is 5.80. The van der Waals surface area contributed by atoms with Crippen LogP contribution in [0.1, 0.15) is 63.5 Å². The van der Waals surface area contributed by atoms with E-state index in [1.165, 1.54) is 0 Å². The predicted molar refractivity (Wildman–Crippen MR) is 131 cm³/mol. The Morgan fingerprint density at radius 1 is 0.941 bits per heavy atom. The molecule has 34 heavy (non-hydrogen) atoms. The van der Waals surface area contributed by atoms with Gasteiger partial charge in [-0.15, -0.1) is 0 Å². The minimum absolute atomic E-state index is 0.0141. The van der Waals surface area contributed by atoms with Crippen molar-refractivity contribution in [3.8, 4) is 11.1 Å². The minimum atomic E-state index is -0.958. The van der Waals surface area contributed by atoms with Crippen molar-refractivity contribution in [2.45, 2.75) is 64.5 Å². The molecule has 1 aliphatic rings. The Bertz CT molecular complexity index is 974. The summed E-state index contributed by atoms with van der Waals surface area (Å²) in [6.45, 7) is 5.92. The van der Waals surface area contributed by atoms with Gasteiger partial charge in [0.2, 0.25) is 5.91 Å². The van der Waals surface area contributed by atoms with E-state index in [1.54, 1.807) is 0 Å². The van der Waals surface area contributed by atoms with Gasteiger partial charge in [0.1, 0.15) is 6.61 Å². The molecule has 2 unspecified atom stereocenters. The van der Waals surface area contributed by atoms with Gasteiger partial charge in [0.15, 0.2) is 0 Å². The van der Waals surface area contributed by atoms with Crippen LogP contribution < -0.4 is 10.6 Å². The number of rotatable bonds is 11. The van der Waals surface area contributed by atoms with Gasteiger partial charge >= 0.3 is 12.1 Å². The lowest BCUT2D eigenvalue weighted by molar-refractivity contribution is -0.138. The van der Waals surface area contributed by atoms with Gasteiger partial charge in [0.05, 0.1) is 6.42 Å². The summed E-state index contributed by atoms with van der Waals surface area (Å²) in [6, 6.07) is 15.4. The number of hydrogen-bond acceptors (Lipinski definition) is 4. The molecular weight excluding hydrogens is 432 g/mol. The van der Waals surface area contributed by atoms with Crippen molar-refractivity contribution >= 4 is 18.0 Å². The minimum Gasteiger partial charge on any atom is -0.481 e. The second kappa shape index (κ2) is 11.7. The molecule has 2 aromatic rings. The van der Waals surface area contributed by atoms with E-state index >= 15 is 0 Å². The van der Waals surface area contributed by atoms with E-state index in [0.717, 1.165) is 28.7 Å². The monoisotopic (exact) mass is 466 g/mol. The Morgan fingerprint density at radius 2 is 1.53 bits per heavy atom. The number of alkyl carbamates (subject to hydrolysis) is 1. The molecule has 0 saturated carbocycles. The van der Waals surface area contributed by atoms with Gasteiger partial charge in [-0.05, 0) is 34.6 Å². The summed E-state index contributed by atoms with van der Waals surface area (Å²) in [7, 11) is 0. The highest BCUT2D eigenvalue weighted by Gasteiger charge is 2.29. The number of hydrogen-bond donors (Lipinski definition) is 3. The van der Waals surface area contributed by atoms with E-state index in [9.17, 15) is 14.4 Å². The van der Waals surface area contributed by atoms with Crippen molar-refractivity contribution in [1.82, 2.24) is 10.6 Å². The quantitative estimate of drug-likeness (QED) is 0.445. The molecule has 2 amide bonds. The molecule has 0 heterocycles. The molecule has 1 aliphatic carbocycles. The third-order valence-electron chi connectivity index (χ3n) is 6.28. The van der Waals surface area contributed by atoms with Crippen LogP contribution >= 0.6 is 0 Å². The zero-order chi connectivity index (χ0) is 24.7. The van der Waals surface area contributed by atoms with Crippen LogP contribution in [0.2, 0.25) is 0 Å². The smallest absolute Gasteiger partial charge is 0.407 e. The van der Waals surface area contributed by atoms with E-state index in [4.69, 9.17) is 9.84 Å². The molecule has 182 valence electrons. The fourth-order valence-corrected chi connectivity index (χ4v) is 4.51. The molecule has 0 bridgehead atoms. The number of aliphatic carboxylic acids is 1. The number of carboxylic acid groups (broad SMARTS) is 1. The van der Waals surface area contributed by atoms with Crippen molar-refractivity contribution in [3.05, 3.63) is 59.7 Å². The molecular formula is C27H34N2O5. The van der Waals surface area contributed by atoms with Crippen molar-refractivity contribution in [2.75, 3.05) is 6.61 Å². The second-order valence-electron chi connectivity index (χ2n) is 9.18. The van der Waals surface area contributed by atoms with Gasteiger partial charge in [-0.3, -0.25) is 9.59 Å². The van der Waals surface area contributed by atoms with Crippen molar-refractivity contribution < 1.29 is 24.2 Å². The van der Waals surface area contributed by atoms with Gasteiger partial charge < -0.3 is 20.5 Å². The average molecular weight is 467 g/mol. The number of nitrogens with one attached hydrogen (secondary N) is 2. The summed E-state index contributed by atoms with van der Waals surface area (Å²) in [4.78, 5) is 36.3. The van der Waals surface area contributed by atoms with Crippen LogP contribution in [-0.4, -0.2) is 41.8 Å². The van der Waals surface area contributed by atoms with Crippen LogP contribution in [0.5, 0.6) is 0 Å². The third kappa shape index (κ3) is 6.37. The number of fused-ring (bicyclic) bond motifs is 3. The van der Waals surface area contributed by atoms with Crippen LogP contribution in [-0.2, 0) is 14.3 Å². The Kier molecular flexibility index (Phi) is 8.68. The molecule has 0 saturated heterocycles. The van der Waals surface area contributed by atoms with Crippen molar-refractivity contribution in [3.63, 3.8) is 0 Å². The summed E-state index contributed by atoms with van der Waals surface area (Å²) in [5.41, 5.74) is 4.60. The molecule has 7 heteroatoms. The first kappa shape index (κ1) is 25.3. The van der Waals surface area contributed by atoms with Crippen molar-refractivity contribution in [2.24, 2.45) is 5.92 Å². The number of benzene rings is 2. The summed E-state index contributed by atoms with van der Waals surface area (Å²) < 4.78 is 5.61. The van der Waals surface area contributed by atoms with Gasteiger partial charge in [-0.25, -0.2) is 4.79 Å². The second-order valence-corrected chi connectivity index (χ2v) is 9.18. The van der Waals surface area contributed by atoms with Crippen LogP contribution in [0.3, 0.4) is 0 Å². The first-order valence-corrected chi connectivity index (χ1v) is 11.9. The molecule has 7 nitrogen and oxygen atoms in total. The zero-order valence-corrected chi connectivity index (χ0v) is 20.0. The number of carbonyl (C=O) groups is 3. The number of amides is 2. The van der Waals surface area contributed by atoms with Gasteiger partial charge in [0.25, 0.3) is 0 Å². The lowest BCUT2D eigenvalue weighted by Gasteiger charge is -2.23. The molecule has 0 radical (unpaired) electrons. The molecule has 0 aromatic heterocycles. The highest BCUT2D eigenvalue weighted by atomic mass is 16.5. The zero-order valence-electron chi connectivity index (χ0n) is 20.0. The molecule has 0 spiro atoms. The SMILES string of the molecule is CCCC(CC(=O)NC(CC(=O)O)C(C)C)NC(=O)OCC1c2ccccc2-c2ccccc21. The predicted octanol–water partition coefficient (Wildman–Crippen LogP) is 4.70. The maximum atomic E-state index is 12.6. The fraction of sp³-hybridized carbons (Fsp3) is 0.444. The third-order valence-corrected chi connectivity index (χ3v) is 6.28. The topological polar surface area (TPSA) is 105 Å². The first-order chi connectivity index (χ1) is 16.3. The Hall–Kier alpha value is -3.35. The maximum absolute atomic E-state index is 12.6. The molecule has 0 aliphatic heterocycles. The average Bonchev–Trinajstić information content (AvgIpc) is 3.11. The van der Waals surface area contributed by atoms with Crippen LogP contribution in [0.4, 0.5) is 4.79 Å². The summed E-state index contributed by atoms with van der Waals surface area (Å²) in [5, 5.41) is 14.7. The van der Waals surface area contributed by atoms with Gasteiger partial charge in [-0.1, -0.05) is 75.7 Å². The van der Waals surface area contributed by atoms with Crippen molar-refractivity contribution in [1.29, 1.82) is 0 Å². The van der Waals surface area contributed by atoms with Crippen LogP contribution in [0.15, 0.2) is 48.5 Å². The molecule has 2 atom stereocenters. The Balaban J connectivity index is 1.58. The maximum Gasteiger partial charge on any atom is 0.407 e. The molecule has 2 aromatic carbocycles. The van der Waals surface area contributed by atoms with Crippen LogP contribution in [0, 0.1) is 5.92 Å². The Labute approximate surface area is 200 Å².